The van der Waals surface area contributed by atoms with Crippen molar-refractivity contribution < 1.29 is 13.2 Å². The van der Waals surface area contributed by atoms with Crippen molar-refractivity contribution in [2.75, 3.05) is 37.7 Å². The SMILES string of the molecule is Cn1c(C(=O)N2CCN([C@H]3CCS(=O)(=O)C3)CC2)cc2cc(Cl)ccc21. The standard InChI is InChI=1S/C18H22ClN3O3S/c1-20-16-3-2-14(19)10-13(16)11-17(20)18(23)22-7-5-21(6-8-22)15-4-9-26(24,25)12-15/h2-3,10-11,15H,4-9,12H2,1H3/t15-/m0/s1. The molecule has 4 rings (SSSR count). The first kappa shape index (κ1) is 17.8. The molecule has 1 amide bonds. The molecule has 0 saturated carbocycles. The van der Waals surface area contributed by atoms with Gasteiger partial charge in [-0.05, 0) is 30.7 Å². The Balaban J connectivity index is 1.46. The van der Waals surface area contributed by atoms with Crippen LogP contribution in [0, 0.1) is 0 Å². The molecule has 0 radical (unpaired) electrons. The molecule has 1 aromatic carbocycles. The lowest BCUT2D eigenvalue weighted by Crippen LogP contribution is -2.52. The third kappa shape index (κ3) is 3.23. The van der Waals surface area contributed by atoms with Gasteiger partial charge in [0.05, 0.1) is 11.5 Å². The maximum absolute atomic E-state index is 13.0. The highest BCUT2D eigenvalue weighted by molar-refractivity contribution is 7.91. The lowest BCUT2D eigenvalue weighted by atomic mass is 10.2. The summed E-state index contributed by atoms with van der Waals surface area (Å²) in [4.78, 5) is 17.0. The van der Waals surface area contributed by atoms with Crippen LogP contribution in [0.25, 0.3) is 10.9 Å². The van der Waals surface area contributed by atoms with Crippen molar-refractivity contribution in [1.82, 2.24) is 14.4 Å². The van der Waals surface area contributed by atoms with Crippen molar-refractivity contribution in [3.63, 3.8) is 0 Å². The highest BCUT2D eigenvalue weighted by atomic mass is 35.5. The molecule has 2 aliphatic rings. The molecule has 0 unspecified atom stereocenters. The predicted molar refractivity (Wildman–Crippen MR) is 102 cm³/mol. The zero-order valence-electron chi connectivity index (χ0n) is 14.7. The van der Waals surface area contributed by atoms with Crippen molar-refractivity contribution in [2.24, 2.45) is 7.05 Å². The summed E-state index contributed by atoms with van der Waals surface area (Å²) in [7, 11) is -0.986. The summed E-state index contributed by atoms with van der Waals surface area (Å²) in [6.07, 6.45) is 0.709. The molecule has 1 aromatic heterocycles. The number of hydrogen-bond donors (Lipinski definition) is 0. The van der Waals surface area contributed by atoms with Gasteiger partial charge in [-0.15, -0.1) is 0 Å². The summed E-state index contributed by atoms with van der Waals surface area (Å²) in [5.41, 5.74) is 1.63. The number of rotatable bonds is 2. The van der Waals surface area contributed by atoms with Crippen LogP contribution in [0.4, 0.5) is 0 Å². The van der Waals surface area contributed by atoms with Gasteiger partial charge < -0.3 is 9.47 Å². The van der Waals surface area contributed by atoms with Crippen molar-refractivity contribution in [1.29, 1.82) is 0 Å². The molecule has 0 spiro atoms. The first-order chi connectivity index (χ1) is 12.3. The molecule has 2 fully saturated rings. The number of aryl methyl sites for hydroxylation is 1. The van der Waals surface area contributed by atoms with Crippen molar-refractivity contribution >= 4 is 38.2 Å². The Morgan fingerprint density at radius 3 is 2.54 bits per heavy atom. The normalized spacial score (nSPS) is 23.6. The number of nitrogens with zero attached hydrogens (tertiary/aromatic N) is 3. The molecule has 6 nitrogen and oxygen atoms in total. The third-order valence-corrected chi connectivity index (χ3v) is 7.54. The van der Waals surface area contributed by atoms with Gasteiger partial charge in [-0.2, -0.15) is 0 Å². The Bertz CT molecular complexity index is 961. The van der Waals surface area contributed by atoms with Gasteiger partial charge in [-0.1, -0.05) is 11.6 Å². The summed E-state index contributed by atoms with van der Waals surface area (Å²) >= 11 is 6.05. The van der Waals surface area contributed by atoms with Gasteiger partial charge in [-0.3, -0.25) is 9.69 Å². The van der Waals surface area contributed by atoms with E-state index in [9.17, 15) is 13.2 Å². The van der Waals surface area contributed by atoms with Gasteiger partial charge in [0.25, 0.3) is 5.91 Å². The lowest BCUT2D eigenvalue weighted by Gasteiger charge is -2.37. The fourth-order valence-corrected chi connectivity index (χ4v) is 5.98. The summed E-state index contributed by atoms with van der Waals surface area (Å²) < 4.78 is 25.3. The van der Waals surface area contributed by atoms with E-state index in [1.54, 1.807) is 0 Å². The molecule has 0 bridgehead atoms. The molecule has 0 aliphatic carbocycles. The highest BCUT2D eigenvalue weighted by Crippen LogP contribution is 2.24. The number of sulfone groups is 1. The van der Waals surface area contributed by atoms with E-state index in [0.29, 0.717) is 30.2 Å². The third-order valence-electron chi connectivity index (χ3n) is 5.55. The first-order valence-corrected chi connectivity index (χ1v) is 11.0. The average Bonchev–Trinajstić information content (AvgIpc) is 3.14. The van der Waals surface area contributed by atoms with E-state index in [2.05, 4.69) is 4.90 Å². The molecule has 3 heterocycles. The molecule has 0 N–H and O–H groups in total. The Morgan fingerprint density at radius 1 is 1.15 bits per heavy atom. The van der Waals surface area contributed by atoms with E-state index in [0.717, 1.165) is 24.0 Å². The topological polar surface area (TPSA) is 62.6 Å². The molecular weight excluding hydrogens is 374 g/mol. The summed E-state index contributed by atoms with van der Waals surface area (Å²) in [5, 5.41) is 1.61. The van der Waals surface area contributed by atoms with Gasteiger partial charge in [0.15, 0.2) is 9.84 Å². The largest absolute Gasteiger partial charge is 0.340 e. The number of piperazine rings is 1. The molecule has 1 atom stereocenters. The molecular formula is C18H22ClN3O3S. The van der Waals surface area contributed by atoms with Gasteiger partial charge >= 0.3 is 0 Å². The predicted octanol–water partition coefficient (Wildman–Crippen LogP) is 1.78. The average molecular weight is 396 g/mol. The van der Waals surface area contributed by atoms with E-state index in [1.165, 1.54) is 0 Å². The van der Waals surface area contributed by atoms with Crippen LogP contribution < -0.4 is 0 Å². The van der Waals surface area contributed by atoms with E-state index in [1.807, 2.05) is 40.8 Å². The minimum absolute atomic E-state index is 0.0125. The minimum atomic E-state index is -2.88. The molecule has 8 heteroatoms. The number of carbonyl (C=O) groups excluding carboxylic acids is 1. The fraction of sp³-hybridized carbons (Fsp3) is 0.500. The van der Waals surface area contributed by atoms with Crippen LogP contribution in [-0.4, -0.2) is 72.4 Å². The molecule has 2 saturated heterocycles. The van der Waals surface area contributed by atoms with Crippen LogP contribution in [0.2, 0.25) is 5.02 Å². The van der Waals surface area contributed by atoms with E-state index in [4.69, 9.17) is 11.6 Å². The zero-order chi connectivity index (χ0) is 18.5. The quantitative estimate of drug-likeness (QED) is 0.777. The summed E-state index contributed by atoms with van der Waals surface area (Å²) in [6, 6.07) is 7.61. The Kier molecular flexibility index (Phi) is 4.49. The minimum Gasteiger partial charge on any atom is -0.340 e. The number of halogens is 1. The van der Waals surface area contributed by atoms with Gasteiger partial charge in [-0.25, -0.2) is 8.42 Å². The summed E-state index contributed by atoms with van der Waals surface area (Å²) in [5.74, 6) is 0.554. The van der Waals surface area contributed by atoms with Crippen LogP contribution in [0.3, 0.4) is 0 Å². The molecule has 26 heavy (non-hydrogen) atoms. The van der Waals surface area contributed by atoms with Crippen LogP contribution >= 0.6 is 11.6 Å². The molecule has 2 aliphatic heterocycles. The number of benzene rings is 1. The molecule has 2 aromatic rings. The van der Waals surface area contributed by atoms with Crippen molar-refractivity contribution in [2.45, 2.75) is 12.5 Å². The second-order valence-corrected chi connectivity index (χ2v) is 9.84. The number of fused-ring (bicyclic) bond motifs is 1. The highest BCUT2D eigenvalue weighted by Gasteiger charge is 2.34. The molecule has 140 valence electrons. The number of amides is 1. The van der Waals surface area contributed by atoms with Gasteiger partial charge in [0, 0.05) is 55.2 Å². The van der Waals surface area contributed by atoms with Crippen LogP contribution in [-0.2, 0) is 16.9 Å². The van der Waals surface area contributed by atoms with Crippen molar-refractivity contribution in [3.8, 4) is 0 Å². The second-order valence-electron chi connectivity index (χ2n) is 7.18. The number of carbonyl (C=O) groups is 1. The smallest absolute Gasteiger partial charge is 0.270 e. The van der Waals surface area contributed by atoms with E-state index >= 15 is 0 Å². The van der Waals surface area contributed by atoms with Crippen LogP contribution in [0.15, 0.2) is 24.3 Å². The van der Waals surface area contributed by atoms with Crippen molar-refractivity contribution in [3.05, 3.63) is 35.0 Å². The van der Waals surface area contributed by atoms with E-state index in [-0.39, 0.29) is 23.5 Å². The monoisotopic (exact) mass is 395 g/mol. The van der Waals surface area contributed by atoms with Gasteiger partial charge in [0.2, 0.25) is 0 Å². The van der Waals surface area contributed by atoms with E-state index < -0.39 is 9.84 Å². The Hall–Kier alpha value is -1.57. The second kappa shape index (κ2) is 6.55. The Labute approximate surface area is 158 Å². The zero-order valence-corrected chi connectivity index (χ0v) is 16.3. The summed E-state index contributed by atoms with van der Waals surface area (Å²) in [6.45, 7) is 2.69. The Morgan fingerprint density at radius 2 is 1.88 bits per heavy atom. The van der Waals surface area contributed by atoms with Gasteiger partial charge in [0.1, 0.15) is 5.69 Å². The number of aromatic nitrogens is 1. The first-order valence-electron chi connectivity index (χ1n) is 8.83. The number of hydrogen-bond acceptors (Lipinski definition) is 4. The van der Waals surface area contributed by atoms with Crippen LogP contribution in [0.1, 0.15) is 16.9 Å². The fourth-order valence-electron chi connectivity index (χ4n) is 4.04. The van der Waals surface area contributed by atoms with Crippen LogP contribution in [0.5, 0.6) is 0 Å². The maximum atomic E-state index is 13.0. The lowest BCUT2D eigenvalue weighted by molar-refractivity contribution is 0.0579. The maximum Gasteiger partial charge on any atom is 0.270 e.